The van der Waals surface area contributed by atoms with Gasteiger partial charge in [0.2, 0.25) is 0 Å². The van der Waals surface area contributed by atoms with Crippen LogP contribution in [0.1, 0.15) is 6.92 Å². The lowest BCUT2D eigenvalue weighted by Gasteiger charge is -2.14. The molecule has 0 aromatic rings. The fourth-order valence-electron chi connectivity index (χ4n) is 2.70. The quantitative estimate of drug-likeness (QED) is 0.551. The highest BCUT2D eigenvalue weighted by molar-refractivity contribution is 5.54. The molecule has 0 bridgehead atoms. The summed E-state index contributed by atoms with van der Waals surface area (Å²) in [5, 5.41) is 0. The highest BCUT2D eigenvalue weighted by atomic mass is 14.4. The van der Waals surface area contributed by atoms with Crippen LogP contribution in [0.3, 0.4) is 0 Å². The van der Waals surface area contributed by atoms with Crippen molar-refractivity contribution in [1.82, 2.24) is 0 Å². The zero-order valence-corrected chi connectivity index (χ0v) is 8.85. The first-order valence-corrected chi connectivity index (χ1v) is 5.48. The highest BCUT2D eigenvalue weighted by Crippen LogP contribution is 2.45. The number of hydrogen-bond acceptors (Lipinski definition) is 0. The second kappa shape index (κ2) is 3.23. The fourth-order valence-corrected chi connectivity index (χ4v) is 2.70. The zero-order chi connectivity index (χ0) is 10.3. The molecule has 0 nitrogen and oxygen atoms in total. The van der Waals surface area contributed by atoms with Crippen LogP contribution >= 0.6 is 0 Å². The molecular formula is C15H14. The molecule has 0 aliphatic heterocycles. The third kappa shape index (κ3) is 1.21. The van der Waals surface area contributed by atoms with Crippen LogP contribution in [0.25, 0.3) is 0 Å². The summed E-state index contributed by atoms with van der Waals surface area (Å²) in [6.07, 6.45) is 19.8. The first-order chi connectivity index (χ1) is 7.38. The maximum atomic E-state index is 2.30. The van der Waals surface area contributed by atoms with Gasteiger partial charge >= 0.3 is 0 Å². The normalized spacial score (nSPS) is 31.4. The summed E-state index contributed by atoms with van der Waals surface area (Å²) >= 11 is 0. The molecule has 74 valence electrons. The molecular weight excluding hydrogens is 180 g/mol. The molecule has 0 aromatic heterocycles. The minimum Gasteiger partial charge on any atom is -0.0733 e. The molecule has 0 aromatic carbocycles. The molecule has 0 spiro atoms. The van der Waals surface area contributed by atoms with Gasteiger partial charge in [0.15, 0.2) is 0 Å². The average molecular weight is 194 g/mol. The van der Waals surface area contributed by atoms with Gasteiger partial charge in [0.1, 0.15) is 0 Å². The number of allylic oxidation sites excluding steroid dienone is 12. The second-order valence-electron chi connectivity index (χ2n) is 4.27. The summed E-state index contributed by atoms with van der Waals surface area (Å²) in [6, 6.07) is 0. The summed E-state index contributed by atoms with van der Waals surface area (Å²) in [5.74, 6) is 1.04. The van der Waals surface area contributed by atoms with E-state index in [2.05, 4.69) is 61.6 Å². The molecule has 2 unspecified atom stereocenters. The van der Waals surface area contributed by atoms with E-state index >= 15 is 0 Å². The number of rotatable bonds is 0. The van der Waals surface area contributed by atoms with Gasteiger partial charge in [0, 0.05) is 11.8 Å². The van der Waals surface area contributed by atoms with Gasteiger partial charge in [-0.1, -0.05) is 60.3 Å². The Morgan fingerprint density at radius 3 is 2.60 bits per heavy atom. The van der Waals surface area contributed by atoms with Crippen LogP contribution in [0.4, 0.5) is 0 Å². The molecule has 2 atom stereocenters. The summed E-state index contributed by atoms with van der Waals surface area (Å²) in [4.78, 5) is 0. The molecule has 3 aliphatic rings. The Morgan fingerprint density at radius 1 is 0.867 bits per heavy atom. The Hall–Kier alpha value is -1.56. The Balaban J connectivity index is 2.15. The molecule has 3 rings (SSSR count). The Kier molecular flexibility index (Phi) is 1.88. The largest absolute Gasteiger partial charge is 0.0733 e. The molecule has 0 heteroatoms. The van der Waals surface area contributed by atoms with Crippen molar-refractivity contribution in [2.45, 2.75) is 6.92 Å². The molecule has 0 fully saturated rings. The van der Waals surface area contributed by atoms with E-state index in [9.17, 15) is 0 Å². The summed E-state index contributed by atoms with van der Waals surface area (Å²) in [7, 11) is 0. The van der Waals surface area contributed by atoms with E-state index in [0.717, 1.165) is 0 Å². The van der Waals surface area contributed by atoms with Crippen LogP contribution in [0.2, 0.25) is 0 Å². The van der Waals surface area contributed by atoms with Gasteiger partial charge in [0.25, 0.3) is 0 Å². The van der Waals surface area contributed by atoms with Crippen LogP contribution in [0.5, 0.6) is 0 Å². The van der Waals surface area contributed by atoms with E-state index in [1.807, 2.05) is 0 Å². The van der Waals surface area contributed by atoms with Crippen molar-refractivity contribution >= 4 is 0 Å². The third-order valence-electron chi connectivity index (χ3n) is 3.48. The molecule has 0 N–H and O–H groups in total. The minimum atomic E-state index is 0.521. The topological polar surface area (TPSA) is 0 Å². The predicted octanol–water partition coefficient (Wildman–Crippen LogP) is 3.73. The molecule has 0 radical (unpaired) electrons. The van der Waals surface area contributed by atoms with Crippen molar-refractivity contribution in [2.24, 2.45) is 11.8 Å². The molecule has 0 heterocycles. The standard InChI is InChI=1S/C15H14/c1-11-12-7-3-2-4-9-14(12)15-10-6-5-8-13(11)15/h2-10,12,15H,1H3. The molecule has 0 saturated heterocycles. The first kappa shape index (κ1) is 8.72. The Morgan fingerprint density at radius 2 is 1.67 bits per heavy atom. The molecule has 15 heavy (non-hydrogen) atoms. The maximum Gasteiger partial charge on any atom is 0.0243 e. The van der Waals surface area contributed by atoms with Gasteiger partial charge in [-0.05, 0) is 18.1 Å². The summed E-state index contributed by atoms with van der Waals surface area (Å²) in [6.45, 7) is 2.26. The van der Waals surface area contributed by atoms with Gasteiger partial charge in [-0.25, -0.2) is 0 Å². The fraction of sp³-hybridized carbons (Fsp3) is 0.200. The summed E-state index contributed by atoms with van der Waals surface area (Å²) < 4.78 is 0. The molecule has 0 saturated carbocycles. The SMILES string of the molecule is CC1=C2C=CC=CC2C2=CC=CC=CC21. The zero-order valence-electron chi connectivity index (χ0n) is 8.85. The van der Waals surface area contributed by atoms with E-state index in [1.165, 1.54) is 16.7 Å². The van der Waals surface area contributed by atoms with E-state index in [1.54, 1.807) is 0 Å². The number of fused-ring (bicyclic) bond motifs is 3. The Labute approximate surface area is 90.7 Å². The molecule has 3 aliphatic carbocycles. The van der Waals surface area contributed by atoms with Crippen molar-refractivity contribution in [3.8, 4) is 0 Å². The van der Waals surface area contributed by atoms with Crippen LogP contribution in [-0.4, -0.2) is 0 Å². The Bertz CT molecular complexity index is 460. The highest BCUT2D eigenvalue weighted by Gasteiger charge is 2.32. The third-order valence-corrected chi connectivity index (χ3v) is 3.48. The lowest BCUT2D eigenvalue weighted by Crippen LogP contribution is -2.02. The van der Waals surface area contributed by atoms with Crippen LogP contribution in [0, 0.1) is 11.8 Å². The van der Waals surface area contributed by atoms with E-state index in [-0.39, 0.29) is 0 Å². The van der Waals surface area contributed by atoms with Crippen LogP contribution in [0.15, 0.2) is 71.4 Å². The average Bonchev–Trinajstić information content (AvgIpc) is 2.48. The lowest BCUT2D eigenvalue weighted by molar-refractivity contribution is 0.853. The minimum absolute atomic E-state index is 0.521. The first-order valence-electron chi connectivity index (χ1n) is 5.48. The van der Waals surface area contributed by atoms with Crippen LogP contribution < -0.4 is 0 Å². The van der Waals surface area contributed by atoms with Crippen molar-refractivity contribution in [3.63, 3.8) is 0 Å². The van der Waals surface area contributed by atoms with Crippen molar-refractivity contribution in [1.29, 1.82) is 0 Å². The van der Waals surface area contributed by atoms with Gasteiger partial charge in [-0.15, -0.1) is 0 Å². The van der Waals surface area contributed by atoms with Gasteiger partial charge in [0.05, 0.1) is 0 Å². The van der Waals surface area contributed by atoms with E-state index in [4.69, 9.17) is 0 Å². The van der Waals surface area contributed by atoms with Crippen molar-refractivity contribution in [3.05, 3.63) is 71.4 Å². The maximum absolute atomic E-state index is 2.30. The van der Waals surface area contributed by atoms with Crippen molar-refractivity contribution in [2.75, 3.05) is 0 Å². The van der Waals surface area contributed by atoms with Crippen LogP contribution in [-0.2, 0) is 0 Å². The van der Waals surface area contributed by atoms with Crippen molar-refractivity contribution < 1.29 is 0 Å². The van der Waals surface area contributed by atoms with E-state index < -0.39 is 0 Å². The molecule has 0 amide bonds. The summed E-state index contributed by atoms with van der Waals surface area (Å²) in [5.41, 5.74) is 4.52. The van der Waals surface area contributed by atoms with Gasteiger partial charge in [-0.3, -0.25) is 0 Å². The number of hydrogen-bond donors (Lipinski definition) is 0. The van der Waals surface area contributed by atoms with Gasteiger partial charge < -0.3 is 0 Å². The smallest absolute Gasteiger partial charge is 0.0243 e. The lowest BCUT2D eigenvalue weighted by atomic mass is 9.90. The monoisotopic (exact) mass is 194 g/mol. The predicted molar refractivity (Wildman–Crippen MR) is 64.3 cm³/mol. The second-order valence-corrected chi connectivity index (χ2v) is 4.27. The van der Waals surface area contributed by atoms with Gasteiger partial charge in [-0.2, -0.15) is 0 Å². The van der Waals surface area contributed by atoms with E-state index in [0.29, 0.717) is 11.8 Å².